The summed E-state index contributed by atoms with van der Waals surface area (Å²) in [5.74, 6) is 0. The van der Waals surface area contributed by atoms with Gasteiger partial charge in [-0.25, -0.2) is 17.8 Å². The van der Waals surface area contributed by atoms with Gasteiger partial charge in [-0.3, -0.25) is 0 Å². The van der Waals surface area contributed by atoms with Crippen molar-refractivity contribution >= 4 is 10.0 Å². The summed E-state index contributed by atoms with van der Waals surface area (Å²) in [6.45, 7) is 3.36. The molecule has 0 aliphatic heterocycles. The summed E-state index contributed by atoms with van der Waals surface area (Å²) in [5.41, 5.74) is 2.42. The number of nitrogens with one attached hydrogen (secondary N) is 1. The summed E-state index contributed by atoms with van der Waals surface area (Å²) in [4.78, 5) is 0.148. The van der Waals surface area contributed by atoms with Crippen molar-refractivity contribution in [2.24, 2.45) is 0 Å². The first-order chi connectivity index (χ1) is 13.1. The molecule has 142 valence electrons. The SMILES string of the molecule is CCCOCc1ccccc1CNS(=O)(=O)c1cccc(-n2cnnn2)c1. The molecule has 8 nitrogen and oxygen atoms in total. The molecule has 1 aromatic heterocycles. The van der Waals surface area contributed by atoms with Crippen LogP contribution in [0.15, 0.2) is 59.8 Å². The highest BCUT2D eigenvalue weighted by Gasteiger charge is 2.15. The first kappa shape index (κ1) is 19.2. The lowest BCUT2D eigenvalue weighted by Gasteiger charge is -2.12. The fraction of sp³-hybridized carbons (Fsp3) is 0.278. The third kappa shape index (κ3) is 4.97. The molecular formula is C18H21N5O3S. The highest BCUT2D eigenvalue weighted by Crippen LogP contribution is 2.16. The standard InChI is InChI=1S/C18H21N5O3S/c1-2-10-26-13-16-7-4-3-6-15(16)12-20-27(24,25)18-9-5-8-17(11-18)23-14-19-21-22-23/h3-9,11,14,20H,2,10,12-13H2,1H3. The Morgan fingerprint density at radius 2 is 1.93 bits per heavy atom. The average Bonchev–Trinajstić information content (AvgIpc) is 3.22. The first-order valence-corrected chi connectivity index (χ1v) is 10.1. The molecular weight excluding hydrogens is 366 g/mol. The fourth-order valence-electron chi connectivity index (χ4n) is 2.53. The Labute approximate surface area is 158 Å². The van der Waals surface area contributed by atoms with Crippen LogP contribution in [0.1, 0.15) is 24.5 Å². The zero-order chi connectivity index (χ0) is 19.1. The molecule has 1 N–H and O–H groups in total. The molecule has 0 radical (unpaired) electrons. The molecule has 2 aromatic carbocycles. The van der Waals surface area contributed by atoms with E-state index in [9.17, 15) is 8.42 Å². The van der Waals surface area contributed by atoms with Gasteiger partial charge in [0.25, 0.3) is 0 Å². The molecule has 0 amide bonds. The third-order valence-electron chi connectivity index (χ3n) is 3.92. The van der Waals surface area contributed by atoms with Gasteiger partial charge in [-0.2, -0.15) is 0 Å². The Bertz CT molecular complexity index is 974. The molecule has 3 aromatic rings. The van der Waals surface area contributed by atoms with Gasteiger partial charge in [0.05, 0.1) is 17.2 Å². The van der Waals surface area contributed by atoms with E-state index in [0.717, 1.165) is 17.5 Å². The molecule has 27 heavy (non-hydrogen) atoms. The van der Waals surface area contributed by atoms with Crippen LogP contribution in [0, 0.1) is 0 Å². The van der Waals surface area contributed by atoms with E-state index in [-0.39, 0.29) is 11.4 Å². The Kier molecular flexibility index (Phi) is 6.28. The maximum Gasteiger partial charge on any atom is 0.240 e. The van der Waals surface area contributed by atoms with Crippen LogP contribution in [-0.4, -0.2) is 35.2 Å². The second-order valence-electron chi connectivity index (χ2n) is 5.90. The average molecular weight is 387 g/mol. The molecule has 0 aliphatic carbocycles. The van der Waals surface area contributed by atoms with Gasteiger partial charge in [0.2, 0.25) is 10.0 Å². The molecule has 3 rings (SSSR count). The van der Waals surface area contributed by atoms with Crippen molar-refractivity contribution < 1.29 is 13.2 Å². The minimum atomic E-state index is -3.69. The lowest BCUT2D eigenvalue weighted by Crippen LogP contribution is -2.24. The normalized spacial score (nSPS) is 11.6. The van der Waals surface area contributed by atoms with Crippen LogP contribution in [-0.2, 0) is 27.9 Å². The van der Waals surface area contributed by atoms with E-state index in [4.69, 9.17) is 4.74 Å². The maximum atomic E-state index is 12.7. The first-order valence-electron chi connectivity index (χ1n) is 8.58. The number of benzene rings is 2. The zero-order valence-electron chi connectivity index (χ0n) is 14.9. The van der Waals surface area contributed by atoms with Gasteiger partial charge in [0, 0.05) is 13.2 Å². The van der Waals surface area contributed by atoms with E-state index in [1.54, 1.807) is 12.1 Å². The third-order valence-corrected chi connectivity index (χ3v) is 5.32. The van der Waals surface area contributed by atoms with Crippen LogP contribution in [0.5, 0.6) is 0 Å². The van der Waals surface area contributed by atoms with Crippen molar-refractivity contribution in [1.29, 1.82) is 0 Å². The van der Waals surface area contributed by atoms with Crippen LogP contribution < -0.4 is 4.72 Å². The number of ether oxygens (including phenoxy) is 1. The summed E-state index contributed by atoms with van der Waals surface area (Å²) >= 11 is 0. The topological polar surface area (TPSA) is 99.0 Å². The molecule has 0 aliphatic rings. The molecule has 0 fully saturated rings. The molecule has 9 heteroatoms. The summed E-state index contributed by atoms with van der Waals surface area (Å²) in [6.07, 6.45) is 2.35. The molecule has 0 unspecified atom stereocenters. The second kappa shape index (κ2) is 8.85. The van der Waals surface area contributed by atoms with Crippen molar-refractivity contribution in [2.75, 3.05) is 6.61 Å². The highest BCUT2D eigenvalue weighted by molar-refractivity contribution is 7.89. The zero-order valence-corrected chi connectivity index (χ0v) is 15.8. The molecule has 0 atom stereocenters. The van der Waals surface area contributed by atoms with E-state index in [1.807, 2.05) is 31.2 Å². The number of aromatic nitrogens is 4. The molecule has 0 spiro atoms. The largest absolute Gasteiger partial charge is 0.377 e. The van der Waals surface area contributed by atoms with Crippen molar-refractivity contribution in [3.05, 3.63) is 66.0 Å². The van der Waals surface area contributed by atoms with E-state index in [1.165, 1.54) is 23.1 Å². The summed E-state index contributed by atoms with van der Waals surface area (Å²) in [5, 5.41) is 10.9. The quantitative estimate of drug-likeness (QED) is 0.564. The van der Waals surface area contributed by atoms with E-state index < -0.39 is 10.0 Å². The molecule has 0 bridgehead atoms. The predicted molar refractivity (Wildman–Crippen MR) is 99.6 cm³/mol. The van der Waals surface area contributed by atoms with Crippen LogP contribution in [0.25, 0.3) is 5.69 Å². The van der Waals surface area contributed by atoms with Crippen molar-refractivity contribution in [3.63, 3.8) is 0 Å². The summed E-state index contributed by atoms with van der Waals surface area (Å²) in [6, 6.07) is 14.1. The number of hydrogen-bond donors (Lipinski definition) is 1. The van der Waals surface area contributed by atoms with Crippen molar-refractivity contribution in [3.8, 4) is 5.69 Å². The highest BCUT2D eigenvalue weighted by atomic mass is 32.2. The Balaban J connectivity index is 1.74. The van der Waals surface area contributed by atoms with Gasteiger partial charge >= 0.3 is 0 Å². The van der Waals surface area contributed by atoms with Gasteiger partial charge in [0.1, 0.15) is 6.33 Å². The van der Waals surface area contributed by atoms with Crippen molar-refractivity contribution in [1.82, 2.24) is 24.9 Å². The van der Waals surface area contributed by atoms with Crippen LogP contribution in [0.3, 0.4) is 0 Å². The number of hydrogen-bond acceptors (Lipinski definition) is 6. The minimum absolute atomic E-state index is 0.148. The van der Waals surface area contributed by atoms with Crippen LogP contribution >= 0.6 is 0 Å². The van der Waals surface area contributed by atoms with Gasteiger partial charge in [-0.05, 0) is 46.2 Å². The number of rotatable bonds is 9. The van der Waals surface area contributed by atoms with E-state index >= 15 is 0 Å². The molecule has 0 saturated heterocycles. The summed E-state index contributed by atoms with van der Waals surface area (Å²) < 4.78 is 35.0. The lowest BCUT2D eigenvalue weighted by molar-refractivity contribution is 0.121. The van der Waals surface area contributed by atoms with Gasteiger partial charge in [-0.15, -0.1) is 5.10 Å². The number of nitrogens with zero attached hydrogens (tertiary/aromatic N) is 4. The molecule has 0 saturated carbocycles. The smallest absolute Gasteiger partial charge is 0.240 e. The van der Waals surface area contributed by atoms with Crippen LogP contribution in [0.2, 0.25) is 0 Å². The van der Waals surface area contributed by atoms with Gasteiger partial charge in [0.15, 0.2) is 0 Å². The molecule has 1 heterocycles. The van der Waals surface area contributed by atoms with E-state index in [0.29, 0.717) is 18.9 Å². The van der Waals surface area contributed by atoms with Crippen molar-refractivity contribution in [2.45, 2.75) is 31.4 Å². The number of tetrazole rings is 1. The number of sulfonamides is 1. The maximum absolute atomic E-state index is 12.7. The van der Waals surface area contributed by atoms with E-state index in [2.05, 4.69) is 20.2 Å². The Hall–Kier alpha value is -2.62. The Morgan fingerprint density at radius 1 is 1.11 bits per heavy atom. The predicted octanol–water partition coefficient (Wildman–Crippen LogP) is 2.07. The monoisotopic (exact) mass is 387 g/mol. The fourth-order valence-corrected chi connectivity index (χ4v) is 3.57. The van der Waals surface area contributed by atoms with Crippen LogP contribution in [0.4, 0.5) is 0 Å². The lowest BCUT2D eigenvalue weighted by atomic mass is 10.1. The minimum Gasteiger partial charge on any atom is -0.377 e. The van der Waals surface area contributed by atoms with Gasteiger partial charge < -0.3 is 4.74 Å². The van der Waals surface area contributed by atoms with Gasteiger partial charge in [-0.1, -0.05) is 37.3 Å². The Morgan fingerprint density at radius 3 is 2.67 bits per heavy atom. The second-order valence-corrected chi connectivity index (χ2v) is 7.66. The summed E-state index contributed by atoms with van der Waals surface area (Å²) in [7, 11) is -3.69.